The van der Waals surface area contributed by atoms with E-state index in [0.29, 0.717) is 34.9 Å². The molecule has 7 heteroatoms. The molecule has 0 bridgehead atoms. The number of allylic oxidation sites excluding steroid dienone is 4. The van der Waals surface area contributed by atoms with Gasteiger partial charge in [0.05, 0.1) is 8.95 Å². The molecule has 0 saturated carbocycles. The Morgan fingerprint density at radius 1 is 0.941 bits per heavy atom. The van der Waals surface area contributed by atoms with Crippen LogP contribution in [-0.4, -0.2) is 41.8 Å². The van der Waals surface area contributed by atoms with Crippen molar-refractivity contribution in [2.45, 2.75) is 65.7 Å². The van der Waals surface area contributed by atoms with Gasteiger partial charge in [0.15, 0.2) is 11.6 Å². The molecule has 3 aliphatic rings. The molecule has 0 fully saturated rings. The third kappa shape index (κ3) is 4.68. The number of ketones is 2. The maximum Gasteiger partial charge on any atom is 0.162 e. The molecule has 0 saturated heterocycles. The molecular formula is C27H33Br2NO4. The van der Waals surface area contributed by atoms with Gasteiger partial charge in [-0.3, -0.25) is 9.59 Å². The van der Waals surface area contributed by atoms with E-state index in [0.717, 1.165) is 47.4 Å². The first-order chi connectivity index (χ1) is 15.8. The van der Waals surface area contributed by atoms with Crippen molar-refractivity contribution in [2.24, 2.45) is 10.8 Å². The summed E-state index contributed by atoms with van der Waals surface area (Å²) in [5, 5.41) is 10.3. The summed E-state index contributed by atoms with van der Waals surface area (Å²) in [5.74, 6) is -0.101. The number of phenolic OH excluding ortho intramolecular Hbond substituents is 1. The highest BCUT2D eigenvalue weighted by Gasteiger charge is 2.48. The van der Waals surface area contributed by atoms with E-state index in [1.54, 1.807) is 7.11 Å². The van der Waals surface area contributed by atoms with Gasteiger partial charge in [-0.1, -0.05) is 27.7 Å². The van der Waals surface area contributed by atoms with Gasteiger partial charge < -0.3 is 14.7 Å². The van der Waals surface area contributed by atoms with Crippen molar-refractivity contribution in [3.05, 3.63) is 49.2 Å². The molecule has 0 atom stereocenters. The number of phenols is 1. The van der Waals surface area contributed by atoms with Crippen LogP contribution in [0.25, 0.3) is 0 Å². The summed E-state index contributed by atoms with van der Waals surface area (Å²) >= 11 is 6.91. The second-order valence-corrected chi connectivity index (χ2v) is 13.1. The molecule has 0 amide bonds. The Kier molecular flexibility index (Phi) is 6.95. The van der Waals surface area contributed by atoms with Crippen LogP contribution < -0.4 is 0 Å². The zero-order valence-corrected chi connectivity index (χ0v) is 23.7. The number of nitrogens with zero attached hydrogens (tertiary/aromatic N) is 1. The lowest BCUT2D eigenvalue weighted by molar-refractivity contribution is -0.119. The van der Waals surface area contributed by atoms with Crippen molar-refractivity contribution in [1.82, 2.24) is 4.90 Å². The van der Waals surface area contributed by atoms with E-state index in [2.05, 4.69) is 64.5 Å². The Hall–Kier alpha value is -1.44. The van der Waals surface area contributed by atoms with E-state index in [4.69, 9.17) is 4.74 Å². The molecule has 34 heavy (non-hydrogen) atoms. The van der Waals surface area contributed by atoms with E-state index in [1.165, 1.54) is 0 Å². The van der Waals surface area contributed by atoms with Crippen LogP contribution in [0.4, 0.5) is 0 Å². The summed E-state index contributed by atoms with van der Waals surface area (Å²) in [6.45, 7) is 9.91. The van der Waals surface area contributed by atoms with E-state index >= 15 is 0 Å². The van der Waals surface area contributed by atoms with Gasteiger partial charge in [-0.05, 0) is 79.6 Å². The summed E-state index contributed by atoms with van der Waals surface area (Å²) in [6.07, 6.45) is 3.29. The van der Waals surface area contributed by atoms with Crippen molar-refractivity contribution in [2.75, 3.05) is 20.3 Å². The zero-order chi connectivity index (χ0) is 25.0. The van der Waals surface area contributed by atoms with E-state index in [-0.39, 0.29) is 28.1 Å². The average Bonchev–Trinajstić information content (AvgIpc) is 2.70. The average molecular weight is 595 g/mol. The molecule has 0 radical (unpaired) electrons. The Balaban J connectivity index is 1.98. The number of ether oxygens (including phenoxy) is 1. The fourth-order valence-electron chi connectivity index (χ4n) is 5.77. The smallest absolute Gasteiger partial charge is 0.162 e. The Morgan fingerprint density at radius 2 is 1.41 bits per heavy atom. The molecule has 5 nitrogen and oxygen atoms in total. The first-order valence-corrected chi connectivity index (χ1v) is 13.4. The molecule has 4 rings (SSSR count). The molecular weight excluding hydrogens is 562 g/mol. The number of hydrogen-bond donors (Lipinski definition) is 1. The van der Waals surface area contributed by atoms with Gasteiger partial charge in [-0.15, -0.1) is 0 Å². The topological polar surface area (TPSA) is 66.8 Å². The maximum absolute atomic E-state index is 13.7. The van der Waals surface area contributed by atoms with Crippen molar-refractivity contribution in [3.63, 3.8) is 0 Å². The van der Waals surface area contributed by atoms with E-state index in [1.807, 2.05) is 12.1 Å². The minimum Gasteiger partial charge on any atom is -0.506 e. The minimum absolute atomic E-state index is 0.108. The number of halogens is 2. The van der Waals surface area contributed by atoms with Crippen molar-refractivity contribution >= 4 is 43.4 Å². The first kappa shape index (κ1) is 25.6. The second kappa shape index (κ2) is 9.21. The van der Waals surface area contributed by atoms with Gasteiger partial charge in [-0.25, -0.2) is 0 Å². The largest absolute Gasteiger partial charge is 0.506 e. The highest BCUT2D eigenvalue weighted by Crippen LogP contribution is 2.55. The molecule has 2 aliphatic carbocycles. The molecule has 1 N–H and O–H groups in total. The van der Waals surface area contributed by atoms with E-state index in [9.17, 15) is 14.7 Å². The Bertz CT molecular complexity index is 1040. The van der Waals surface area contributed by atoms with Crippen LogP contribution in [0.1, 0.15) is 71.3 Å². The third-order valence-electron chi connectivity index (χ3n) is 7.12. The van der Waals surface area contributed by atoms with Gasteiger partial charge in [0.1, 0.15) is 5.75 Å². The normalized spacial score (nSPS) is 22.3. The van der Waals surface area contributed by atoms with Crippen molar-refractivity contribution < 1.29 is 19.4 Å². The highest BCUT2D eigenvalue weighted by molar-refractivity contribution is 9.11. The van der Waals surface area contributed by atoms with Crippen LogP contribution >= 0.6 is 31.9 Å². The fourth-order valence-corrected chi connectivity index (χ4v) is 6.99. The molecule has 1 heterocycles. The molecule has 0 unspecified atom stereocenters. The zero-order valence-electron chi connectivity index (χ0n) is 20.6. The number of Topliss-reactive ketones (excluding diaryl/α,β-unsaturated/α-hetero) is 2. The summed E-state index contributed by atoms with van der Waals surface area (Å²) < 4.78 is 6.41. The van der Waals surface area contributed by atoms with Crippen LogP contribution in [0.15, 0.2) is 43.6 Å². The number of methoxy groups -OCH3 is 1. The SMILES string of the molecule is COCCCN1C2=C(C(=O)CC(C)(C)C2)C(c2cc(Br)c(O)c(Br)c2)C2=C1CC(C)(C)CC2=O. The van der Waals surface area contributed by atoms with Crippen LogP contribution in [0.5, 0.6) is 5.75 Å². The van der Waals surface area contributed by atoms with Gasteiger partial charge in [0, 0.05) is 61.6 Å². The third-order valence-corrected chi connectivity index (χ3v) is 8.33. The summed E-state index contributed by atoms with van der Waals surface area (Å²) in [4.78, 5) is 29.7. The Labute approximate surface area is 218 Å². The van der Waals surface area contributed by atoms with Crippen LogP contribution in [0.3, 0.4) is 0 Å². The lowest BCUT2D eigenvalue weighted by Crippen LogP contribution is -2.44. The number of carbonyl (C=O) groups is 2. The van der Waals surface area contributed by atoms with Crippen molar-refractivity contribution in [3.8, 4) is 5.75 Å². The number of carbonyl (C=O) groups excluding carboxylic acids is 2. The van der Waals surface area contributed by atoms with E-state index < -0.39 is 5.92 Å². The standard InChI is InChI=1S/C27H33Br2NO4/c1-26(2)11-18-23(20(31)13-26)22(15-9-16(28)25(33)17(29)10-15)24-19(30(18)7-6-8-34-5)12-27(3,4)14-21(24)32/h9-10,22,33H,6-8,11-14H2,1-5H3. The van der Waals surface area contributed by atoms with Crippen LogP contribution in [-0.2, 0) is 14.3 Å². The van der Waals surface area contributed by atoms with Gasteiger partial charge >= 0.3 is 0 Å². The second-order valence-electron chi connectivity index (χ2n) is 11.4. The Morgan fingerprint density at radius 3 is 1.85 bits per heavy atom. The van der Waals surface area contributed by atoms with Crippen LogP contribution in [0.2, 0.25) is 0 Å². The quantitative estimate of drug-likeness (QED) is 0.387. The summed E-state index contributed by atoms with van der Waals surface area (Å²) in [7, 11) is 1.70. The summed E-state index contributed by atoms with van der Waals surface area (Å²) in [6, 6.07) is 3.70. The molecule has 1 aromatic carbocycles. The van der Waals surface area contributed by atoms with Gasteiger partial charge in [0.25, 0.3) is 0 Å². The molecule has 1 aliphatic heterocycles. The van der Waals surface area contributed by atoms with Gasteiger partial charge in [-0.2, -0.15) is 0 Å². The highest BCUT2D eigenvalue weighted by atomic mass is 79.9. The molecule has 1 aromatic rings. The number of benzene rings is 1. The minimum atomic E-state index is -0.427. The lowest BCUT2D eigenvalue weighted by atomic mass is 9.63. The van der Waals surface area contributed by atoms with Crippen molar-refractivity contribution in [1.29, 1.82) is 0 Å². The predicted octanol–water partition coefficient (Wildman–Crippen LogP) is 6.64. The predicted molar refractivity (Wildman–Crippen MR) is 140 cm³/mol. The fraction of sp³-hybridized carbons (Fsp3) is 0.556. The number of rotatable bonds is 5. The maximum atomic E-state index is 13.7. The molecule has 184 valence electrons. The lowest BCUT2D eigenvalue weighted by Gasteiger charge is -2.49. The number of aromatic hydroxyl groups is 1. The summed E-state index contributed by atoms with van der Waals surface area (Å²) in [5.41, 5.74) is 4.12. The molecule has 0 aromatic heterocycles. The monoisotopic (exact) mass is 593 g/mol. The van der Waals surface area contributed by atoms with Gasteiger partial charge in [0.2, 0.25) is 0 Å². The first-order valence-electron chi connectivity index (χ1n) is 11.8. The van der Waals surface area contributed by atoms with Crippen LogP contribution in [0, 0.1) is 10.8 Å². The number of hydrogen-bond acceptors (Lipinski definition) is 5. The molecule has 0 spiro atoms.